The van der Waals surface area contributed by atoms with Crippen LogP contribution in [0, 0.1) is 0 Å². The molecule has 7 nitrogen and oxygen atoms in total. The van der Waals surface area contributed by atoms with Crippen molar-refractivity contribution < 1.29 is 19.5 Å². The van der Waals surface area contributed by atoms with Crippen molar-refractivity contribution in [1.29, 1.82) is 0 Å². The first-order valence-corrected chi connectivity index (χ1v) is 6.03. The van der Waals surface area contributed by atoms with Crippen LogP contribution in [0.15, 0.2) is 0 Å². The van der Waals surface area contributed by atoms with Gasteiger partial charge in [0.05, 0.1) is 0 Å². The van der Waals surface area contributed by atoms with Crippen LogP contribution in [0.2, 0.25) is 0 Å². The van der Waals surface area contributed by atoms with Crippen LogP contribution < -0.4 is 10.6 Å². The fourth-order valence-corrected chi connectivity index (χ4v) is 1.68. The van der Waals surface area contributed by atoms with Crippen LogP contribution in [0.4, 0.5) is 4.79 Å². The van der Waals surface area contributed by atoms with Gasteiger partial charge in [-0.15, -0.1) is 0 Å². The smallest absolute Gasteiger partial charge is 0.317 e. The Morgan fingerprint density at radius 1 is 1.50 bits per heavy atom. The van der Waals surface area contributed by atoms with Crippen molar-refractivity contribution in [2.75, 3.05) is 19.6 Å². The topological polar surface area (TPSA) is 98.7 Å². The van der Waals surface area contributed by atoms with Gasteiger partial charge >= 0.3 is 12.0 Å². The number of nitrogens with zero attached hydrogens (tertiary/aromatic N) is 1. The van der Waals surface area contributed by atoms with E-state index < -0.39 is 5.97 Å². The standard InChI is InChI=1S/C11H19N3O4/c1-8(2-3-10(16)17)13-11(18)14-6-4-9(15)12-5-7-14/h8H,2-7H2,1H3,(H,12,15)(H,13,18)(H,16,17). The molecule has 1 heterocycles. The summed E-state index contributed by atoms with van der Waals surface area (Å²) in [7, 11) is 0. The van der Waals surface area contributed by atoms with Crippen LogP contribution in [0.25, 0.3) is 0 Å². The summed E-state index contributed by atoms with van der Waals surface area (Å²) in [5.74, 6) is -0.926. The lowest BCUT2D eigenvalue weighted by atomic mass is 10.2. The summed E-state index contributed by atoms with van der Waals surface area (Å²) in [6.45, 7) is 3.09. The summed E-state index contributed by atoms with van der Waals surface area (Å²) in [5.41, 5.74) is 0. The predicted molar refractivity (Wildman–Crippen MR) is 64.1 cm³/mol. The van der Waals surface area contributed by atoms with Crippen molar-refractivity contribution in [3.05, 3.63) is 0 Å². The summed E-state index contributed by atoms with van der Waals surface area (Å²) in [5, 5.41) is 14.0. The molecule has 0 radical (unpaired) electrons. The van der Waals surface area contributed by atoms with Crippen molar-refractivity contribution in [1.82, 2.24) is 15.5 Å². The molecule has 1 saturated heterocycles. The van der Waals surface area contributed by atoms with Crippen molar-refractivity contribution in [2.45, 2.75) is 32.2 Å². The van der Waals surface area contributed by atoms with Crippen LogP contribution in [0.3, 0.4) is 0 Å². The van der Waals surface area contributed by atoms with Gasteiger partial charge < -0.3 is 20.6 Å². The maximum Gasteiger partial charge on any atom is 0.317 e. The maximum atomic E-state index is 11.8. The van der Waals surface area contributed by atoms with Crippen LogP contribution in [0.5, 0.6) is 0 Å². The number of hydrogen-bond donors (Lipinski definition) is 3. The lowest BCUT2D eigenvalue weighted by Crippen LogP contribution is -2.45. The van der Waals surface area contributed by atoms with Gasteiger partial charge in [-0.3, -0.25) is 9.59 Å². The van der Waals surface area contributed by atoms with E-state index in [4.69, 9.17) is 5.11 Å². The van der Waals surface area contributed by atoms with Gasteiger partial charge in [0.25, 0.3) is 0 Å². The first-order chi connectivity index (χ1) is 8.49. The van der Waals surface area contributed by atoms with Gasteiger partial charge in [0, 0.05) is 38.5 Å². The number of carbonyl (C=O) groups excluding carboxylic acids is 2. The van der Waals surface area contributed by atoms with Crippen molar-refractivity contribution in [3.8, 4) is 0 Å². The van der Waals surface area contributed by atoms with Crippen LogP contribution in [-0.4, -0.2) is 53.6 Å². The van der Waals surface area contributed by atoms with E-state index in [2.05, 4.69) is 10.6 Å². The van der Waals surface area contributed by atoms with Gasteiger partial charge in [0.15, 0.2) is 0 Å². The summed E-state index contributed by atoms with van der Waals surface area (Å²) < 4.78 is 0. The van der Waals surface area contributed by atoms with Crippen LogP contribution in [-0.2, 0) is 9.59 Å². The second kappa shape index (κ2) is 6.83. The van der Waals surface area contributed by atoms with Gasteiger partial charge in [-0.25, -0.2) is 4.79 Å². The van der Waals surface area contributed by atoms with E-state index in [9.17, 15) is 14.4 Å². The molecule has 0 aromatic heterocycles. The largest absolute Gasteiger partial charge is 0.481 e. The van der Waals surface area contributed by atoms with Crippen molar-refractivity contribution >= 4 is 17.9 Å². The molecule has 3 N–H and O–H groups in total. The van der Waals surface area contributed by atoms with Gasteiger partial charge in [-0.05, 0) is 13.3 Å². The molecule has 1 atom stereocenters. The molecule has 18 heavy (non-hydrogen) atoms. The van der Waals surface area contributed by atoms with E-state index >= 15 is 0 Å². The van der Waals surface area contributed by atoms with E-state index in [-0.39, 0.29) is 24.4 Å². The SMILES string of the molecule is CC(CCC(=O)O)NC(=O)N1CCNC(=O)CC1. The molecule has 1 unspecified atom stereocenters. The number of amides is 3. The molecule has 0 saturated carbocycles. The molecule has 0 aromatic rings. The molecule has 1 rings (SSSR count). The highest BCUT2D eigenvalue weighted by atomic mass is 16.4. The molecular formula is C11H19N3O4. The number of nitrogens with one attached hydrogen (secondary N) is 2. The third-order valence-corrected chi connectivity index (χ3v) is 2.76. The molecule has 3 amide bonds. The Morgan fingerprint density at radius 3 is 2.89 bits per heavy atom. The van der Waals surface area contributed by atoms with E-state index in [1.54, 1.807) is 11.8 Å². The molecule has 0 bridgehead atoms. The van der Waals surface area contributed by atoms with Crippen LogP contribution in [0.1, 0.15) is 26.2 Å². The zero-order valence-electron chi connectivity index (χ0n) is 10.4. The summed E-state index contributed by atoms with van der Waals surface area (Å²) in [6, 6.07) is -0.440. The van der Waals surface area contributed by atoms with E-state index in [0.29, 0.717) is 32.5 Å². The highest BCUT2D eigenvalue weighted by molar-refractivity contribution is 5.79. The number of carboxylic acids is 1. The molecule has 1 aliphatic rings. The Bertz CT molecular complexity index is 332. The predicted octanol–water partition coefficient (Wildman–Crippen LogP) is -0.229. The fourth-order valence-electron chi connectivity index (χ4n) is 1.68. The normalized spacial score (nSPS) is 17.6. The average molecular weight is 257 g/mol. The zero-order valence-corrected chi connectivity index (χ0v) is 10.4. The third kappa shape index (κ3) is 5.03. The Balaban J connectivity index is 2.34. The maximum absolute atomic E-state index is 11.8. The van der Waals surface area contributed by atoms with E-state index in [1.165, 1.54) is 0 Å². The molecule has 7 heteroatoms. The van der Waals surface area contributed by atoms with Gasteiger partial charge in [-0.2, -0.15) is 0 Å². The van der Waals surface area contributed by atoms with Crippen molar-refractivity contribution in [2.24, 2.45) is 0 Å². The molecule has 0 aromatic carbocycles. The zero-order chi connectivity index (χ0) is 13.5. The molecule has 1 fully saturated rings. The third-order valence-electron chi connectivity index (χ3n) is 2.76. The lowest BCUT2D eigenvalue weighted by molar-refractivity contribution is -0.137. The molecular weight excluding hydrogens is 238 g/mol. The lowest BCUT2D eigenvalue weighted by Gasteiger charge is -2.22. The van der Waals surface area contributed by atoms with Gasteiger partial charge in [-0.1, -0.05) is 0 Å². The number of carboxylic acid groups (broad SMARTS) is 1. The average Bonchev–Trinajstić information content (AvgIpc) is 2.51. The monoisotopic (exact) mass is 257 g/mol. The summed E-state index contributed by atoms with van der Waals surface area (Å²) >= 11 is 0. The first-order valence-electron chi connectivity index (χ1n) is 6.03. The molecule has 0 spiro atoms. The van der Waals surface area contributed by atoms with Crippen LogP contribution >= 0.6 is 0 Å². The number of aliphatic carboxylic acids is 1. The Labute approximate surface area is 106 Å². The fraction of sp³-hybridized carbons (Fsp3) is 0.727. The number of hydrogen-bond acceptors (Lipinski definition) is 3. The molecule has 0 aliphatic carbocycles. The minimum atomic E-state index is -0.874. The minimum absolute atomic E-state index is 0.0293. The highest BCUT2D eigenvalue weighted by Gasteiger charge is 2.19. The molecule has 1 aliphatic heterocycles. The molecule has 102 valence electrons. The number of rotatable bonds is 4. The number of urea groups is 1. The van der Waals surface area contributed by atoms with Gasteiger partial charge in [0.2, 0.25) is 5.91 Å². The van der Waals surface area contributed by atoms with E-state index in [1.807, 2.05) is 0 Å². The second-order valence-corrected chi connectivity index (χ2v) is 4.37. The second-order valence-electron chi connectivity index (χ2n) is 4.37. The highest BCUT2D eigenvalue weighted by Crippen LogP contribution is 2.01. The van der Waals surface area contributed by atoms with Crippen molar-refractivity contribution in [3.63, 3.8) is 0 Å². The van der Waals surface area contributed by atoms with Gasteiger partial charge in [0.1, 0.15) is 0 Å². The summed E-state index contributed by atoms with van der Waals surface area (Å²) in [4.78, 5) is 34.9. The Kier molecular flexibility index (Phi) is 5.41. The quantitative estimate of drug-likeness (QED) is 0.648. The minimum Gasteiger partial charge on any atom is -0.481 e. The Hall–Kier alpha value is -1.79. The summed E-state index contributed by atoms with van der Waals surface area (Å²) in [6.07, 6.45) is 0.727. The Morgan fingerprint density at radius 2 is 2.22 bits per heavy atom. The first kappa shape index (κ1) is 14.3. The van der Waals surface area contributed by atoms with E-state index in [0.717, 1.165) is 0 Å². The number of carbonyl (C=O) groups is 3.